The molecule has 0 amide bonds. The zero-order valence-corrected chi connectivity index (χ0v) is 20.6. The number of benzene rings is 2. The van der Waals surface area contributed by atoms with Crippen molar-refractivity contribution in [3.05, 3.63) is 93.9 Å². The van der Waals surface area contributed by atoms with E-state index in [9.17, 15) is 4.79 Å². The van der Waals surface area contributed by atoms with E-state index in [0.717, 1.165) is 40.8 Å². The van der Waals surface area contributed by atoms with Crippen molar-refractivity contribution in [2.75, 3.05) is 7.11 Å². The topological polar surface area (TPSA) is 104 Å². The number of para-hydroxylation sites is 1. The number of ether oxygens (including phenoxy) is 1. The van der Waals surface area contributed by atoms with Crippen LogP contribution in [0.1, 0.15) is 24.6 Å². The van der Waals surface area contributed by atoms with Crippen LogP contribution in [0.2, 0.25) is 5.02 Å². The summed E-state index contributed by atoms with van der Waals surface area (Å²) in [5.41, 5.74) is 4.99. The molecule has 5 rings (SSSR count). The second-order valence-corrected chi connectivity index (χ2v) is 8.66. The molecule has 9 nitrogen and oxygen atoms in total. The number of methoxy groups -OCH3 is 1. The number of aryl methyl sites for hydroxylation is 1. The van der Waals surface area contributed by atoms with Crippen LogP contribution in [-0.2, 0) is 13.0 Å². The lowest BCUT2D eigenvalue weighted by Gasteiger charge is -2.10. The van der Waals surface area contributed by atoms with E-state index in [1.807, 2.05) is 36.5 Å². The van der Waals surface area contributed by atoms with Gasteiger partial charge in [0.2, 0.25) is 5.82 Å². The zero-order valence-electron chi connectivity index (χ0n) is 19.8. The Hall–Kier alpha value is -4.24. The monoisotopic (exact) mass is 501 g/mol. The number of halogens is 1. The van der Waals surface area contributed by atoms with Gasteiger partial charge in [-0.2, -0.15) is 5.21 Å². The Morgan fingerprint density at radius 3 is 2.64 bits per heavy atom. The number of imidazole rings is 1. The third kappa shape index (κ3) is 4.40. The van der Waals surface area contributed by atoms with Crippen LogP contribution in [0.25, 0.3) is 28.2 Å². The number of aromatic amines is 1. The Balaban J connectivity index is 1.50. The highest BCUT2D eigenvalue weighted by atomic mass is 35.5. The predicted octanol–water partition coefficient (Wildman–Crippen LogP) is 4.54. The smallest absolute Gasteiger partial charge is 0.333 e. The van der Waals surface area contributed by atoms with E-state index in [1.54, 1.807) is 46.8 Å². The predicted molar refractivity (Wildman–Crippen MR) is 138 cm³/mol. The number of H-pyrrole nitrogens is 1. The molecule has 0 spiro atoms. The summed E-state index contributed by atoms with van der Waals surface area (Å²) < 4.78 is 8.85. The molecule has 1 N–H and O–H groups in total. The maximum absolute atomic E-state index is 13.5. The molecular formula is C26H24ClN7O2. The standard InChI is InChI=1S/C26H24ClN7O2/c1-3-5-19-16-34(24-22(27)6-4-7-23(24)36-2)26(35)33(19)15-17-8-10-18(11-9-17)21-14-28-13-12-20(21)25-29-31-32-30-25/h4,6-14,16H,3,5,15H2,1-2H3,(H,29,30,31,32). The molecule has 0 fully saturated rings. The summed E-state index contributed by atoms with van der Waals surface area (Å²) in [6, 6.07) is 15.2. The first-order chi connectivity index (χ1) is 17.6. The molecule has 0 radical (unpaired) electrons. The Morgan fingerprint density at radius 2 is 1.92 bits per heavy atom. The van der Waals surface area contributed by atoms with E-state index in [2.05, 4.69) is 32.5 Å². The number of nitrogens with zero attached hydrogens (tertiary/aromatic N) is 6. The molecule has 0 bridgehead atoms. The summed E-state index contributed by atoms with van der Waals surface area (Å²) in [6.07, 6.45) is 7.00. The maximum Gasteiger partial charge on any atom is 0.333 e. The Labute approximate surface area is 212 Å². The Kier molecular flexibility index (Phi) is 6.64. The van der Waals surface area contributed by atoms with Gasteiger partial charge in [0.25, 0.3) is 0 Å². The average Bonchev–Trinajstić information content (AvgIpc) is 3.54. The van der Waals surface area contributed by atoms with Crippen molar-refractivity contribution in [1.29, 1.82) is 0 Å². The third-order valence-electron chi connectivity index (χ3n) is 5.99. The highest BCUT2D eigenvalue weighted by Gasteiger charge is 2.18. The zero-order chi connectivity index (χ0) is 25.1. The van der Waals surface area contributed by atoms with E-state index in [4.69, 9.17) is 16.3 Å². The summed E-state index contributed by atoms with van der Waals surface area (Å²) in [6.45, 7) is 2.52. The molecule has 36 heavy (non-hydrogen) atoms. The summed E-state index contributed by atoms with van der Waals surface area (Å²) in [5.74, 6) is 1.05. The van der Waals surface area contributed by atoms with E-state index >= 15 is 0 Å². The van der Waals surface area contributed by atoms with Crippen molar-refractivity contribution in [2.24, 2.45) is 0 Å². The van der Waals surface area contributed by atoms with Gasteiger partial charge in [-0.25, -0.2) is 4.79 Å². The van der Waals surface area contributed by atoms with Crippen molar-refractivity contribution in [3.8, 4) is 34.0 Å². The highest BCUT2D eigenvalue weighted by Crippen LogP contribution is 2.31. The van der Waals surface area contributed by atoms with Gasteiger partial charge in [0.15, 0.2) is 0 Å². The number of hydrogen-bond acceptors (Lipinski definition) is 6. The molecule has 0 aliphatic carbocycles. The number of aromatic nitrogens is 7. The molecular weight excluding hydrogens is 478 g/mol. The molecule has 0 aliphatic rings. The van der Waals surface area contributed by atoms with Crippen LogP contribution >= 0.6 is 11.6 Å². The van der Waals surface area contributed by atoms with Crippen LogP contribution < -0.4 is 10.4 Å². The van der Waals surface area contributed by atoms with Crippen molar-refractivity contribution < 1.29 is 4.74 Å². The fourth-order valence-corrected chi connectivity index (χ4v) is 4.53. The lowest BCUT2D eigenvalue weighted by molar-refractivity contribution is 0.412. The van der Waals surface area contributed by atoms with E-state index in [1.165, 1.54) is 0 Å². The van der Waals surface area contributed by atoms with Crippen LogP contribution in [0.3, 0.4) is 0 Å². The van der Waals surface area contributed by atoms with Gasteiger partial charge < -0.3 is 4.74 Å². The van der Waals surface area contributed by atoms with Gasteiger partial charge in [-0.05, 0) is 41.0 Å². The molecule has 0 aliphatic heterocycles. The first-order valence-corrected chi connectivity index (χ1v) is 11.9. The average molecular weight is 502 g/mol. The largest absolute Gasteiger partial charge is 0.494 e. The molecule has 0 saturated carbocycles. The molecule has 2 aromatic carbocycles. The SMILES string of the molecule is CCCc1cn(-c2c(Cl)cccc2OC)c(=O)n1Cc1ccc(-c2cnccc2-c2nn[nH]n2)cc1. The van der Waals surface area contributed by atoms with Gasteiger partial charge in [0, 0.05) is 35.4 Å². The van der Waals surface area contributed by atoms with Gasteiger partial charge >= 0.3 is 5.69 Å². The minimum Gasteiger partial charge on any atom is -0.494 e. The number of tetrazole rings is 1. The fraction of sp³-hybridized carbons (Fsp3) is 0.192. The summed E-state index contributed by atoms with van der Waals surface area (Å²) in [4.78, 5) is 17.8. The molecule has 0 unspecified atom stereocenters. The molecule has 5 aromatic rings. The molecule has 0 saturated heterocycles. The van der Waals surface area contributed by atoms with Gasteiger partial charge in [0.1, 0.15) is 11.4 Å². The van der Waals surface area contributed by atoms with Gasteiger partial charge in [0.05, 0.1) is 18.7 Å². The van der Waals surface area contributed by atoms with Gasteiger partial charge in [-0.1, -0.05) is 55.3 Å². The van der Waals surface area contributed by atoms with Gasteiger partial charge in [-0.3, -0.25) is 14.1 Å². The Morgan fingerprint density at radius 1 is 1.08 bits per heavy atom. The maximum atomic E-state index is 13.5. The van der Waals surface area contributed by atoms with Crippen molar-refractivity contribution in [3.63, 3.8) is 0 Å². The normalized spacial score (nSPS) is 11.1. The molecule has 10 heteroatoms. The molecule has 3 heterocycles. The van der Waals surface area contributed by atoms with Crippen LogP contribution in [0.5, 0.6) is 5.75 Å². The number of rotatable bonds is 8. The van der Waals surface area contributed by atoms with Crippen LogP contribution in [-0.4, -0.2) is 41.9 Å². The van der Waals surface area contributed by atoms with Crippen LogP contribution in [0.15, 0.2) is 71.9 Å². The molecule has 0 atom stereocenters. The quantitative estimate of drug-likeness (QED) is 0.334. The summed E-state index contributed by atoms with van der Waals surface area (Å²) in [7, 11) is 1.57. The molecule has 182 valence electrons. The first-order valence-electron chi connectivity index (χ1n) is 11.5. The second kappa shape index (κ2) is 10.2. The van der Waals surface area contributed by atoms with E-state index in [0.29, 0.717) is 28.8 Å². The second-order valence-electron chi connectivity index (χ2n) is 8.25. The highest BCUT2D eigenvalue weighted by molar-refractivity contribution is 6.32. The number of hydrogen-bond donors (Lipinski definition) is 1. The Bertz CT molecular complexity index is 1540. The van der Waals surface area contributed by atoms with Crippen LogP contribution in [0.4, 0.5) is 0 Å². The van der Waals surface area contributed by atoms with Crippen LogP contribution in [0, 0.1) is 0 Å². The minimum atomic E-state index is -0.166. The third-order valence-corrected chi connectivity index (χ3v) is 6.30. The van der Waals surface area contributed by atoms with E-state index in [-0.39, 0.29) is 5.69 Å². The van der Waals surface area contributed by atoms with Crippen molar-refractivity contribution in [2.45, 2.75) is 26.3 Å². The summed E-state index contributed by atoms with van der Waals surface area (Å²) in [5, 5.41) is 14.8. The van der Waals surface area contributed by atoms with Crippen molar-refractivity contribution >= 4 is 11.6 Å². The fourth-order valence-electron chi connectivity index (χ4n) is 4.27. The first kappa shape index (κ1) is 23.5. The number of pyridine rings is 1. The molecule has 3 aromatic heterocycles. The van der Waals surface area contributed by atoms with Gasteiger partial charge in [-0.15, -0.1) is 10.2 Å². The summed E-state index contributed by atoms with van der Waals surface area (Å²) >= 11 is 6.47. The minimum absolute atomic E-state index is 0.166. The number of nitrogens with one attached hydrogen (secondary N) is 1. The van der Waals surface area contributed by atoms with E-state index < -0.39 is 0 Å². The lowest BCUT2D eigenvalue weighted by atomic mass is 10.0. The lowest BCUT2D eigenvalue weighted by Crippen LogP contribution is -2.25. The van der Waals surface area contributed by atoms with Crippen molar-refractivity contribution in [1.82, 2.24) is 34.7 Å².